The first-order valence-electron chi connectivity index (χ1n) is 5.43. The number of anilines is 2. The molecule has 2 bridgehead atoms. The zero-order valence-electron chi connectivity index (χ0n) is 8.60. The van der Waals surface area contributed by atoms with Crippen LogP contribution in [-0.4, -0.2) is 30.3 Å². The highest BCUT2D eigenvalue weighted by molar-refractivity contribution is 5.46. The number of aromatic nitrogens is 1. The number of morpholine rings is 1. The quantitative estimate of drug-likeness (QED) is 0.744. The fourth-order valence-corrected chi connectivity index (χ4v) is 2.39. The number of nitrogen functional groups attached to an aromatic ring is 1. The van der Waals surface area contributed by atoms with E-state index < -0.39 is 0 Å². The number of hydrogen-bond donors (Lipinski definition) is 1. The van der Waals surface area contributed by atoms with Crippen LogP contribution in [0.4, 0.5) is 11.5 Å². The first-order valence-corrected chi connectivity index (χ1v) is 5.43. The van der Waals surface area contributed by atoms with Crippen molar-refractivity contribution in [3.63, 3.8) is 0 Å². The van der Waals surface area contributed by atoms with E-state index in [1.54, 1.807) is 6.20 Å². The first kappa shape index (κ1) is 8.97. The first-order chi connectivity index (χ1) is 7.31. The van der Waals surface area contributed by atoms with Crippen molar-refractivity contribution in [2.75, 3.05) is 23.7 Å². The number of fused-ring (bicyclic) bond motifs is 2. The lowest BCUT2D eigenvalue weighted by Crippen LogP contribution is -2.43. The lowest BCUT2D eigenvalue weighted by Gasteiger charge is -2.32. The molecule has 0 radical (unpaired) electrons. The van der Waals surface area contributed by atoms with Gasteiger partial charge in [-0.1, -0.05) is 0 Å². The van der Waals surface area contributed by atoms with Gasteiger partial charge in [-0.25, -0.2) is 4.98 Å². The van der Waals surface area contributed by atoms with Gasteiger partial charge in [-0.15, -0.1) is 0 Å². The maximum atomic E-state index is 5.78. The Kier molecular flexibility index (Phi) is 2.02. The number of nitrogens with two attached hydrogens (primary N) is 1. The van der Waals surface area contributed by atoms with Crippen LogP contribution in [0.2, 0.25) is 0 Å². The number of rotatable bonds is 1. The van der Waals surface area contributed by atoms with Crippen LogP contribution in [-0.2, 0) is 4.74 Å². The highest BCUT2D eigenvalue weighted by Gasteiger charge is 2.33. The smallest absolute Gasteiger partial charge is 0.128 e. The van der Waals surface area contributed by atoms with Crippen molar-refractivity contribution in [1.29, 1.82) is 0 Å². The molecule has 80 valence electrons. The number of ether oxygens (including phenoxy) is 1. The van der Waals surface area contributed by atoms with Crippen molar-refractivity contribution in [1.82, 2.24) is 4.98 Å². The van der Waals surface area contributed by atoms with Gasteiger partial charge in [0.05, 0.1) is 24.1 Å². The van der Waals surface area contributed by atoms with E-state index in [0.29, 0.717) is 12.2 Å². The fraction of sp³-hybridized carbons (Fsp3) is 0.545. The summed E-state index contributed by atoms with van der Waals surface area (Å²) in [6.45, 7) is 1.93. The van der Waals surface area contributed by atoms with Gasteiger partial charge in [-0.2, -0.15) is 0 Å². The van der Waals surface area contributed by atoms with Gasteiger partial charge in [-0.3, -0.25) is 0 Å². The molecule has 2 atom stereocenters. The summed E-state index contributed by atoms with van der Waals surface area (Å²) in [5.74, 6) is 1.02. The molecule has 2 unspecified atom stereocenters. The standard InChI is InChI=1S/C11H15N3O/c12-8-1-4-11(13-5-8)14-6-9-2-3-10(7-14)15-9/h1,4-5,9-10H,2-3,6-7,12H2. The van der Waals surface area contributed by atoms with E-state index in [9.17, 15) is 0 Å². The molecule has 0 spiro atoms. The van der Waals surface area contributed by atoms with E-state index in [1.807, 2.05) is 12.1 Å². The van der Waals surface area contributed by atoms with Crippen LogP contribution >= 0.6 is 0 Å². The Morgan fingerprint density at radius 2 is 2.00 bits per heavy atom. The van der Waals surface area contributed by atoms with Crippen LogP contribution < -0.4 is 10.6 Å². The second-order valence-corrected chi connectivity index (χ2v) is 4.31. The van der Waals surface area contributed by atoms with Crippen LogP contribution in [0.25, 0.3) is 0 Å². The zero-order chi connectivity index (χ0) is 10.3. The van der Waals surface area contributed by atoms with Crippen molar-refractivity contribution >= 4 is 11.5 Å². The molecule has 0 saturated carbocycles. The summed E-state index contributed by atoms with van der Waals surface area (Å²) in [5.41, 5.74) is 6.34. The van der Waals surface area contributed by atoms with Crippen molar-refractivity contribution in [3.05, 3.63) is 18.3 Å². The van der Waals surface area contributed by atoms with Crippen molar-refractivity contribution in [3.8, 4) is 0 Å². The van der Waals surface area contributed by atoms with E-state index in [1.165, 1.54) is 12.8 Å². The van der Waals surface area contributed by atoms with Gasteiger partial charge in [0.15, 0.2) is 0 Å². The normalized spacial score (nSPS) is 29.5. The average Bonchev–Trinajstić information content (AvgIpc) is 2.59. The monoisotopic (exact) mass is 205 g/mol. The average molecular weight is 205 g/mol. The molecular weight excluding hydrogens is 190 g/mol. The minimum absolute atomic E-state index is 0.406. The SMILES string of the molecule is Nc1ccc(N2CC3CCC(C2)O3)nc1. The molecule has 2 N–H and O–H groups in total. The van der Waals surface area contributed by atoms with Crippen LogP contribution in [0.5, 0.6) is 0 Å². The Morgan fingerprint density at radius 1 is 1.27 bits per heavy atom. The fourth-order valence-electron chi connectivity index (χ4n) is 2.39. The predicted octanol–water partition coefficient (Wildman–Crippen LogP) is 1.03. The molecule has 0 aliphatic carbocycles. The van der Waals surface area contributed by atoms with Crippen LogP contribution in [0, 0.1) is 0 Å². The Balaban J connectivity index is 1.80. The van der Waals surface area contributed by atoms with Gasteiger partial charge >= 0.3 is 0 Å². The van der Waals surface area contributed by atoms with E-state index in [4.69, 9.17) is 10.5 Å². The third-order valence-corrected chi connectivity index (χ3v) is 3.14. The summed E-state index contributed by atoms with van der Waals surface area (Å²) < 4.78 is 5.78. The van der Waals surface area contributed by atoms with E-state index >= 15 is 0 Å². The molecule has 2 fully saturated rings. The number of pyridine rings is 1. The molecular formula is C11H15N3O. The molecule has 1 aromatic rings. The third kappa shape index (κ3) is 1.65. The highest BCUT2D eigenvalue weighted by Crippen LogP contribution is 2.28. The Labute approximate surface area is 89.0 Å². The summed E-state index contributed by atoms with van der Waals surface area (Å²) in [4.78, 5) is 6.64. The van der Waals surface area contributed by atoms with E-state index in [0.717, 1.165) is 24.6 Å². The molecule has 3 heterocycles. The van der Waals surface area contributed by atoms with Crippen LogP contribution in [0.1, 0.15) is 12.8 Å². The zero-order valence-corrected chi connectivity index (χ0v) is 8.60. The second kappa shape index (κ2) is 3.38. The lowest BCUT2D eigenvalue weighted by molar-refractivity contribution is 0.0302. The molecule has 4 nitrogen and oxygen atoms in total. The van der Waals surface area contributed by atoms with Crippen molar-refractivity contribution < 1.29 is 4.74 Å². The molecule has 3 rings (SSSR count). The van der Waals surface area contributed by atoms with Gasteiger partial charge in [-0.05, 0) is 25.0 Å². The van der Waals surface area contributed by atoms with Gasteiger partial charge in [0, 0.05) is 13.1 Å². The molecule has 2 aliphatic heterocycles. The van der Waals surface area contributed by atoms with Gasteiger partial charge < -0.3 is 15.4 Å². The summed E-state index contributed by atoms with van der Waals surface area (Å²) in [5, 5.41) is 0. The van der Waals surface area contributed by atoms with Crippen LogP contribution in [0.15, 0.2) is 18.3 Å². The Bertz CT molecular complexity index is 339. The molecule has 15 heavy (non-hydrogen) atoms. The van der Waals surface area contributed by atoms with Gasteiger partial charge in [0.25, 0.3) is 0 Å². The highest BCUT2D eigenvalue weighted by atomic mass is 16.5. The van der Waals surface area contributed by atoms with E-state index in [2.05, 4.69) is 9.88 Å². The Hall–Kier alpha value is -1.29. The minimum Gasteiger partial charge on any atom is -0.397 e. The molecule has 4 heteroatoms. The van der Waals surface area contributed by atoms with Crippen LogP contribution in [0.3, 0.4) is 0 Å². The maximum absolute atomic E-state index is 5.78. The summed E-state index contributed by atoms with van der Waals surface area (Å²) in [6, 6.07) is 3.89. The second-order valence-electron chi connectivity index (χ2n) is 4.31. The summed E-state index contributed by atoms with van der Waals surface area (Å²) in [6.07, 6.45) is 4.91. The minimum atomic E-state index is 0.406. The molecule has 0 aromatic carbocycles. The van der Waals surface area contributed by atoms with Crippen molar-refractivity contribution in [2.24, 2.45) is 0 Å². The summed E-state index contributed by atoms with van der Waals surface area (Å²) >= 11 is 0. The van der Waals surface area contributed by atoms with Gasteiger partial charge in [0.1, 0.15) is 5.82 Å². The molecule has 2 saturated heterocycles. The maximum Gasteiger partial charge on any atom is 0.128 e. The largest absolute Gasteiger partial charge is 0.397 e. The molecule has 0 amide bonds. The van der Waals surface area contributed by atoms with E-state index in [-0.39, 0.29) is 0 Å². The Morgan fingerprint density at radius 3 is 2.60 bits per heavy atom. The number of hydrogen-bond acceptors (Lipinski definition) is 4. The summed E-state index contributed by atoms with van der Waals surface area (Å²) in [7, 11) is 0. The predicted molar refractivity (Wildman–Crippen MR) is 58.8 cm³/mol. The molecule has 2 aliphatic rings. The lowest BCUT2D eigenvalue weighted by atomic mass is 10.2. The molecule has 1 aromatic heterocycles. The third-order valence-electron chi connectivity index (χ3n) is 3.14. The van der Waals surface area contributed by atoms with Gasteiger partial charge in [0.2, 0.25) is 0 Å². The number of nitrogens with zero attached hydrogens (tertiary/aromatic N) is 2. The topological polar surface area (TPSA) is 51.4 Å². The van der Waals surface area contributed by atoms with Crippen molar-refractivity contribution in [2.45, 2.75) is 25.0 Å².